The van der Waals surface area contributed by atoms with Crippen molar-refractivity contribution < 1.29 is 4.79 Å². The molecule has 1 amide bonds. The number of terminal acetylenes is 1. The van der Waals surface area contributed by atoms with Crippen LogP contribution in [0.5, 0.6) is 0 Å². The van der Waals surface area contributed by atoms with Crippen LogP contribution in [0.15, 0.2) is 60.0 Å². The van der Waals surface area contributed by atoms with Crippen molar-refractivity contribution >= 4 is 22.9 Å². The maximum Gasteiger partial charge on any atom is 0.275 e. The van der Waals surface area contributed by atoms with Crippen LogP contribution in [0.25, 0.3) is 10.6 Å². The third-order valence-corrected chi connectivity index (χ3v) is 3.94. The van der Waals surface area contributed by atoms with E-state index in [-0.39, 0.29) is 5.91 Å². The zero-order valence-corrected chi connectivity index (χ0v) is 12.4. The normalized spacial score (nSPS) is 9.95. The lowest BCUT2D eigenvalue weighted by atomic mass is 10.2. The van der Waals surface area contributed by atoms with Gasteiger partial charge in [0, 0.05) is 22.2 Å². The molecule has 0 saturated heterocycles. The number of nitrogens with one attached hydrogen (secondary N) is 1. The summed E-state index contributed by atoms with van der Waals surface area (Å²) in [5.41, 5.74) is 2.78. The van der Waals surface area contributed by atoms with Gasteiger partial charge < -0.3 is 5.32 Å². The van der Waals surface area contributed by atoms with E-state index < -0.39 is 0 Å². The molecule has 0 spiro atoms. The van der Waals surface area contributed by atoms with Crippen LogP contribution in [0.2, 0.25) is 0 Å². The molecule has 0 aliphatic carbocycles. The van der Waals surface area contributed by atoms with E-state index in [1.165, 1.54) is 11.3 Å². The van der Waals surface area contributed by atoms with E-state index >= 15 is 0 Å². The Labute approximate surface area is 132 Å². The minimum Gasteiger partial charge on any atom is -0.321 e. The number of carbonyl (C=O) groups is 1. The van der Waals surface area contributed by atoms with Gasteiger partial charge in [0.1, 0.15) is 10.7 Å². The Morgan fingerprint density at radius 2 is 1.95 bits per heavy atom. The van der Waals surface area contributed by atoms with Crippen molar-refractivity contribution in [1.29, 1.82) is 0 Å². The van der Waals surface area contributed by atoms with Crippen molar-refractivity contribution in [3.8, 4) is 22.9 Å². The Morgan fingerprint density at radius 1 is 1.14 bits per heavy atom. The van der Waals surface area contributed by atoms with E-state index in [2.05, 4.69) is 16.2 Å². The summed E-state index contributed by atoms with van der Waals surface area (Å²) in [5, 5.41) is 5.38. The minimum atomic E-state index is -0.243. The number of rotatable bonds is 3. The summed E-state index contributed by atoms with van der Waals surface area (Å²) < 4.78 is 0. The van der Waals surface area contributed by atoms with E-state index in [1.54, 1.807) is 23.6 Å². The molecule has 1 N–H and O–H groups in total. The van der Waals surface area contributed by atoms with Crippen molar-refractivity contribution in [2.45, 2.75) is 0 Å². The van der Waals surface area contributed by atoms with E-state index in [9.17, 15) is 4.79 Å². The molecule has 106 valence electrons. The number of anilines is 1. The molecule has 0 radical (unpaired) electrons. The molecule has 0 unspecified atom stereocenters. The van der Waals surface area contributed by atoms with Crippen molar-refractivity contribution in [3.63, 3.8) is 0 Å². The lowest BCUT2D eigenvalue weighted by Crippen LogP contribution is -2.12. The lowest BCUT2D eigenvalue weighted by Gasteiger charge is -2.03. The highest BCUT2D eigenvalue weighted by atomic mass is 32.1. The van der Waals surface area contributed by atoms with E-state index in [4.69, 9.17) is 6.42 Å². The number of thiazole rings is 1. The van der Waals surface area contributed by atoms with Gasteiger partial charge in [-0.15, -0.1) is 17.8 Å². The van der Waals surface area contributed by atoms with Gasteiger partial charge >= 0.3 is 0 Å². The van der Waals surface area contributed by atoms with Crippen molar-refractivity contribution in [3.05, 3.63) is 71.2 Å². The zero-order chi connectivity index (χ0) is 15.4. The van der Waals surface area contributed by atoms with Crippen molar-refractivity contribution in [1.82, 2.24) is 4.98 Å². The summed E-state index contributed by atoms with van der Waals surface area (Å²) in [4.78, 5) is 16.6. The van der Waals surface area contributed by atoms with Gasteiger partial charge in [-0.1, -0.05) is 42.3 Å². The molecule has 3 rings (SSSR count). The predicted octanol–water partition coefficient (Wildman–Crippen LogP) is 4.04. The topological polar surface area (TPSA) is 42.0 Å². The Hall–Kier alpha value is -2.90. The molecule has 1 aromatic heterocycles. The quantitative estimate of drug-likeness (QED) is 0.742. The van der Waals surface area contributed by atoms with Crippen LogP contribution in [-0.4, -0.2) is 10.9 Å². The van der Waals surface area contributed by atoms with Crippen LogP contribution in [0.3, 0.4) is 0 Å². The first-order valence-corrected chi connectivity index (χ1v) is 7.53. The molecule has 3 nitrogen and oxygen atoms in total. The molecular formula is C18H12N2OS. The van der Waals surface area contributed by atoms with E-state index in [0.717, 1.165) is 16.1 Å². The number of benzene rings is 2. The van der Waals surface area contributed by atoms with Crippen LogP contribution < -0.4 is 5.32 Å². The van der Waals surface area contributed by atoms with Gasteiger partial charge in [0.25, 0.3) is 5.91 Å². The molecule has 0 aliphatic rings. The molecule has 0 saturated carbocycles. The maximum atomic E-state index is 12.2. The number of carbonyl (C=O) groups excluding carboxylic acids is 1. The van der Waals surface area contributed by atoms with Gasteiger partial charge in [-0.3, -0.25) is 4.79 Å². The van der Waals surface area contributed by atoms with Gasteiger partial charge in [0.15, 0.2) is 0 Å². The largest absolute Gasteiger partial charge is 0.321 e. The van der Waals surface area contributed by atoms with E-state index in [0.29, 0.717) is 11.4 Å². The fourth-order valence-corrected chi connectivity index (χ4v) is 2.78. The van der Waals surface area contributed by atoms with Crippen LogP contribution in [0, 0.1) is 12.3 Å². The molecule has 4 heteroatoms. The van der Waals surface area contributed by atoms with Gasteiger partial charge in [-0.25, -0.2) is 4.98 Å². The number of nitrogens with zero attached hydrogens (tertiary/aromatic N) is 1. The fourth-order valence-electron chi connectivity index (χ4n) is 1.97. The molecule has 0 atom stereocenters. The molecule has 2 aromatic carbocycles. The third kappa shape index (κ3) is 3.05. The Balaban J connectivity index is 1.79. The van der Waals surface area contributed by atoms with Crippen LogP contribution in [0.4, 0.5) is 5.69 Å². The highest BCUT2D eigenvalue weighted by molar-refractivity contribution is 7.13. The third-order valence-electron chi connectivity index (χ3n) is 3.04. The molecule has 3 aromatic rings. The lowest BCUT2D eigenvalue weighted by molar-refractivity contribution is 0.102. The second kappa shape index (κ2) is 6.25. The van der Waals surface area contributed by atoms with Crippen LogP contribution in [0.1, 0.15) is 16.1 Å². The highest BCUT2D eigenvalue weighted by Gasteiger charge is 2.12. The van der Waals surface area contributed by atoms with Gasteiger partial charge in [-0.05, 0) is 18.2 Å². The van der Waals surface area contributed by atoms with Gasteiger partial charge in [-0.2, -0.15) is 0 Å². The second-order valence-electron chi connectivity index (χ2n) is 4.58. The smallest absolute Gasteiger partial charge is 0.275 e. The average molecular weight is 304 g/mol. The second-order valence-corrected chi connectivity index (χ2v) is 5.44. The van der Waals surface area contributed by atoms with Crippen molar-refractivity contribution in [2.24, 2.45) is 0 Å². The SMILES string of the molecule is C#Cc1cccc(NC(=O)c2csc(-c3ccccc3)n2)c1. The molecule has 0 fully saturated rings. The standard InChI is InChI=1S/C18H12N2OS/c1-2-13-7-6-10-15(11-13)19-17(21)16-12-22-18(20-16)14-8-4-3-5-9-14/h1,3-12H,(H,19,21). The predicted molar refractivity (Wildman–Crippen MR) is 89.9 cm³/mol. The average Bonchev–Trinajstić information content (AvgIpc) is 3.06. The molecular weight excluding hydrogens is 292 g/mol. The first-order valence-electron chi connectivity index (χ1n) is 6.65. The van der Waals surface area contributed by atoms with Gasteiger partial charge in [0.05, 0.1) is 0 Å². The fraction of sp³-hybridized carbons (Fsp3) is 0. The number of amides is 1. The molecule has 0 bridgehead atoms. The Morgan fingerprint density at radius 3 is 2.73 bits per heavy atom. The summed E-state index contributed by atoms with van der Waals surface area (Å²) in [6.07, 6.45) is 5.35. The molecule has 1 heterocycles. The summed E-state index contributed by atoms with van der Waals surface area (Å²) in [7, 11) is 0. The summed E-state index contributed by atoms with van der Waals surface area (Å²) in [5.74, 6) is 2.30. The summed E-state index contributed by atoms with van der Waals surface area (Å²) in [6.45, 7) is 0. The van der Waals surface area contributed by atoms with Crippen LogP contribution >= 0.6 is 11.3 Å². The van der Waals surface area contributed by atoms with Crippen LogP contribution in [-0.2, 0) is 0 Å². The van der Waals surface area contributed by atoms with Crippen molar-refractivity contribution in [2.75, 3.05) is 5.32 Å². The first kappa shape index (κ1) is 14.1. The molecule has 22 heavy (non-hydrogen) atoms. The monoisotopic (exact) mass is 304 g/mol. The zero-order valence-electron chi connectivity index (χ0n) is 11.6. The Kier molecular flexibility index (Phi) is 3.99. The maximum absolute atomic E-state index is 12.2. The summed E-state index contributed by atoms with van der Waals surface area (Å²) in [6, 6.07) is 16.9. The minimum absolute atomic E-state index is 0.243. The first-order chi connectivity index (χ1) is 10.8. The summed E-state index contributed by atoms with van der Waals surface area (Å²) >= 11 is 1.44. The Bertz CT molecular complexity index is 847. The van der Waals surface area contributed by atoms with Gasteiger partial charge in [0.2, 0.25) is 0 Å². The number of hydrogen-bond acceptors (Lipinski definition) is 3. The highest BCUT2D eigenvalue weighted by Crippen LogP contribution is 2.23. The van der Waals surface area contributed by atoms with E-state index in [1.807, 2.05) is 36.4 Å². The number of aromatic nitrogens is 1. The number of hydrogen-bond donors (Lipinski definition) is 1. The molecule has 0 aliphatic heterocycles.